The molecule has 10 heteroatoms. The van der Waals surface area contributed by atoms with Gasteiger partial charge >= 0.3 is 0 Å². The van der Waals surface area contributed by atoms with E-state index in [1.54, 1.807) is 36.4 Å². The second kappa shape index (κ2) is 9.17. The maximum absolute atomic E-state index is 12.3. The minimum Gasteiger partial charge on any atom is -0.399 e. The highest BCUT2D eigenvalue weighted by atomic mass is 35.5. The normalized spacial score (nSPS) is 16.6. The summed E-state index contributed by atoms with van der Waals surface area (Å²) < 4.78 is 30.2. The number of hydrogen-bond acceptors (Lipinski definition) is 8. The third-order valence-corrected chi connectivity index (χ3v) is 6.10. The molecular weight excluding hydrogens is 438 g/mol. The van der Waals surface area contributed by atoms with Gasteiger partial charge < -0.3 is 15.4 Å². The van der Waals surface area contributed by atoms with Gasteiger partial charge in [0, 0.05) is 29.6 Å². The number of anilines is 2. The predicted molar refractivity (Wildman–Crippen MR) is 123 cm³/mol. The first kappa shape index (κ1) is 22.9. The van der Waals surface area contributed by atoms with Gasteiger partial charge in [-0.1, -0.05) is 12.1 Å². The first-order valence-electron chi connectivity index (χ1n) is 9.59. The van der Waals surface area contributed by atoms with E-state index in [0.29, 0.717) is 48.6 Å². The Morgan fingerprint density at radius 1 is 1.03 bits per heavy atom. The molecule has 164 valence electrons. The molecule has 8 nitrogen and oxygen atoms in total. The summed E-state index contributed by atoms with van der Waals surface area (Å²) >= 11 is 0. The van der Waals surface area contributed by atoms with Gasteiger partial charge in [-0.3, -0.25) is 0 Å². The molecule has 0 bridgehead atoms. The fourth-order valence-electron chi connectivity index (χ4n) is 3.37. The number of ether oxygens (including phenoxy) is 1. The standard InChI is InChI=1S/C21H23N5O3S.ClH/c1-14-13-29-12-11-26(14)21-24-19(15-7-9-16(22)10-8-15)23-20(25-21)17-5-3-4-6-18(17)30(2,27)28;/h3-10,14H,11-13,22H2,1-2H3;1H/t14-;/m0./s1. The van der Waals surface area contributed by atoms with E-state index in [4.69, 9.17) is 10.5 Å². The van der Waals surface area contributed by atoms with Gasteiger partial charge in [0.2, 0.25) is 5.95 Å². The molecule has 4 rings (SSSR count). The number of nitrogens with two attached hydrogens (primary N) is 1. The lowest BCUT2D eigenvalue weighted by molar-refractivity contribution is 0.0981. The highest BCUT2D eigenvalue weighted by molar-refractivity contribution is 7.90. The number of rotatable bonds is 4. The lowest BCUT2D eigenvalue weighted by atomic mass is 10.1. The van der Waals surface area contributed by atoms with E-state index < -0.39 is 9.84 Å². The zero-order chi connectivity index (χ0) is 21.3. The Labute approximate surface area is 187 Å². The number of morpholine rings is 1. The molecule has 1 aliphatic rings. The number of aromatic nitrogens is 3. The van der Waals surface area contributed by atoms with E-state index in [9.17, 15) is 8.42 Å². The molecule has 1 fully saturated rings. The Morgan fingerprint density at radius 3 is 2.39 bits per heavy atom. The van der Waals surface area contributed by atoms with Crippen LogP contribution < -0.4 is 10.6 Å². The summed E-state index contributed by atoms with van der Waals surface area (Å²) in [7, 11) is -3.46. The van der Waals surface area contributed by atoms with Crippen LogP contribution in [-0.2, 0) is 14.6 Å². The summed E-state index contributed by atoms with van der Waals surface area (Å²) in [4.78, 5) is 16.2. The molecule has 1 atom stereocenters. The van der Waals surface area contributed by atoms with Crippen molar-refractivity contribution < 1.29 is 13.2 Å². The van der Waals surface area contributed by atoms with Gasteiger partial charge in [0.15, 0.2) is 21.5 Å². The van der Waals surface area contributed by atoms with Crippen molar-refractivity contribution >= 4 is 33.9 Å². The predicted octanol–water partition coefficient (Wildman–Crippen LogP) is 2.84. The van der Waals surface area contributed by atoms with Crippen molar-refractivity contribution in [1.29, 1.82) is 0 Å². The van der Waals surface area contributed by atoms with Crippen LogP contribution in [0.15, 0.2) is 53.4 Å². The third kappa shape index (κ3) is 4.95. The van der Waals surface area contributed by atoms with E-state index >= 15 is 0 Å². The molecule has 0 saturated carbocycles. The summed E-state index contributed by atoms with van der Waals surface area (Å²) in [5, 5.41) is 0. The molecule has 2 aromatic carbocycles. The second-order valence-electron chi connectivity index (χ2n) is 7.29. The zero-order valence-corrected chi connectivity index (χ0v) is 18.9. The Hall–Kier alpha value is -2.75. The van der Waals surface area contributed by atoms with Gasteiger partial charge in [0.1, 0.15) is 0 Å². The minimum atomic E-state index is -3.46. The summed E-state index contributed by atoms with van der Waals surface area (Å²) in [6.07, 6.45) is 1.18. The molecule has 0 amide bonds. The summed E-state index contributed by atoms with van der Waals surface area (Å²) in [5.74, 6) is 1.26. The number of nitrogen functional groups attached to an aromatic ring is 1. The van der Waals surface area contributed by atoms with Crippen molar-refractivity contribution in [1.82, 2.24) is 15.0 Å². The van der Waals surface area contributed by atoms with Crippen molar-refractivity contribution in [2.75, 3.05) is 36.6 Å². The van der Waals surface area contributed by atoms with E-state index in [2.05, 4.69) is 19.9 Å². The van der Waals surface area contributed by atoms with E-state index in [-0.39, 0.29) is 23.3 Å². The second-order valence-corrected chi connectivity index (χ2v) is 9.27. The van der Waals surface area contributed by atoms with Crippen molar-refractivity contribution in [2.45, 2.75) is 17.9 Å². The van der Waals surface area contributed by atoms with Crippen LogP contribution in [0.1, 0.15) is 6.92 Å². The van der Waals surface area contributed by atoms with Gasteiger partial charge in [-0.25, -0.2) is 13.4 Å². The van der Waals surface area contributed by atoms with Gasteiger partial charge in [-0.05, 0) is 43.3 Å². The van der Waals surface area contributed by atoms with E-state index in [0.717, 1.165) is 5.56 Å². The van der Waals surface area contributed by atoms with Gasteiger partial charge in [-0.15, -0.1) is 12.4 Å². The monoisotopic (exact) mass is 461 g/mol. The van der Waals surface area contributed by atoms with Gasteiger partial charge in [-0.2, -0.15) is 9.97 Å². The molecule has 1 saturated heterocycles. The molecule has 3 aromatic rings. The third-order valence-electron chi connectivity index (χ3n) is 4.94. The average molecular weight is 462 g/mol. The summed E-state index contributed by atoms with van der Waals surface area (Å²) in [5.41, 5.74) is 7.67. The Morgan fingerprint density at radius 2 is 1.71 bits per heavy atom. The van der Waals surface area contributed by atoms with Crippen LogP contribution >= 0.6 is 12.4 Å². The highest BCUT2D eigenvalue weighted by Crippen LogP contribution is 2.29. The fourth-order valence-corrected chi connectivity index (χ4v) is 4.26. The first-order valence-corrected chi connectivity index (χ1v) is 11.5. The van der Waals surface area contributed by atoms with Gasteiger partial charge in [0.25, 0.3) is 0 Å². The van der Waals surface area contributed by atoms with Gasteiger partial charge in [0.05, 0.1) is 24.2 Å². The quantitative estimate of drug-likeness (QED) is 0.590. The lowest BCUT2D eigenvalue weighted by Gasteiger charge is -2.33. The maximum Gasteiger partial charge on any atom is 0.229 e. The van der Waals surface area contributed by atoms with E-state index in [1.807, 2.05) is 19.1 Å². The molecule has 2 N–H and O–H groups in total. The Kier molecular flexibility index (Phi) is 6.78. The molecule has 31 heavy (non-hydrogen) atoms. The molecule has 1 aliphatic heterocycles. The van der Waals surface area contributed by atoms with Crippen molar-refractivity contribution in [3.8, 4) is 22.8 Å². The summed E-state index contributed by atoms with van der Waals surface area (Å²) in [6, 6.07) is 14.0. The number of nitrogens with zero attached hydrogens (tertiary/aromatic N) is 4. The SMILES string of the molecule is C[C@H]1COCCN1c1nc(-c2ccc(N)cc2)nc(-c2ccccc2S(C)(=O)=O)n1.Cl. The zero-order valence-electron chi connectivity index (χ0n) is 17.2. The van der Waals surface area contributed by atoms with Crippen LogP contribution in [0.2, 0.25) is 0 Å². The molecule has 2 heterocycles. The topological polar surface area (TPSA) is 111 Å². The fraction of sp³-hybridized carbons (Fsp3) is 0.286. The molecule has 0 unspecified atom stereocenters. The number of halogens is 1. The molecular formula is C21H24ClN5O3S. The summed E-state index contributed by atoms with van der Waals surface area (Å²) in [6.45, 7) is 3.82. The van der Waals surface area contributed by atoms with Crippen LogP contribution in [0.3, 0.4) is 0 Å². The van der Waals surface area contributed by atoms with Crippen LogP contribution in [0.4, 0.5) is 11.6 Å². The molecule has 0 spiro atoms. The maximum atomic E-state index is 12.3. The largest absolute Gasteiger partial charge is 0.399 e. The van der Waals surface area contributed by atoms with Crippen molar-refractivity contribution in [3.63, 3.8) is 0 Å². The highest BCUT2D eigenvalue weighted by Gasteiger charge is 2.25. The van der Waals surface area contributed by atoms with Crippen LogP contribution in [0.25, 0.3) is 22.8 Å². The smallest absolute Gasteiger partial charge is 0.229 e. The number of sulfone groups is 1. The number of benzene rings is 2. The first-order chi connectivity index (χ1) is 14.3. The average Bonchev–Trinajstić information content (AvgIpc) is 2.74. The van der Waals surface area contributed by atoms with Crippen LogP contribution in [0.5, 0.6) is 0 Å². The lowest BCUT2D eigenvalue weighted by Crippen LogP contribution is -2.44. The molecule has 0 radical (unpaired) electrons. The van der Waals surface area contributed by atoms with Crippen LogP contribution in [0, 0.1) is 0 Å². The number of hydrogen-bond donors (Lipinski definition) is 1. The molecule has 0 aliphatic carbocycles. The van der Waals surface area contributed by atoms with Crippen molar-refractivity contribution in [3.05, 3.63) is 48.5 Å². The Balaban J connectivity index is 0.00000272. The van der Waals surface area contributed by atoms with Crippen molar-refractivity contribution in [2.24, 2.45) is 0 Å². The van der Waals surface area contributed by atoms with E-state index in [1.165, 1.54) is 6.26 Å². The Bertz CT molecular complexity index is 1170. The van der Waals surface area contributed by atoms with Crippen LogP contribution in [-0.4, -0.2) is 55.4 Å². The molecule has 1 aromatic heterocycles. The minimum absolute atomic E-state index is 0.